The number of ether oxygens (including phenoxy) is 2. The number of hydrogen-bond donors (Lipinski definition) is 5. The SMILES string of the molecule is CC[C@@H]1CCC(N)[C@@H](OC2C(O)[C@@H](O)C(N)[C@H](O)[C@@H]2C)O1. The van der Waals surface area contributed by atoms with E-state index in [1.807, 2.05) is 6.92 Å². The minimum absolute atomic E-state index is 0.0861. The highest BCUT2D eigenvalue weighted by Crippen LogP contribution is 2.31. The predicted octanol–water partition coefficient (Wildman–Crippen LogP) is -1.33. The molecule has 0 radical (unpaired) electrons. The minimum Gasteiger partial charge on any atom is -0.391 e. The molecule has 124 valence electrons. The Hall–Kier alpha value is -0.280. The van der Waals surface area contributed by atoms with E-state index < -0.39 is 42.7 Å². The summed E-state index contributed by atoms with van der Waals surface area (Å²) >= 11 is 0. The molecule has 0 bridgehead atoms. The number of aliphatic hydroxyl groups is 3. The van der Waals surface area contributed by atoms with E-state index >= 15 is 0 Å². The van der Waals surface area contributed by atoms with E-state index in [0.29, 0.717) is 0 Å². The van der Waals surface area contributed by atoms with Gasteiger partial charge in [0.25, 0.3) is 0 Å². The van der Waals surface area contributed by atoms with Gasteiger partial charge in [0.1, 0.15) is 12.2 Å². The van der Waals surface area contributed by atoms with Gasteiger partial charge in [-0.1, -0.05) is 13.8 Å². The van der Waals surface area contributed by atoms with Crippen molar-refractivity contribution in [3.05, 3.63) is 0 Å². The zero-order valence-corrected chi connectivity index (χ0v) is 12.6. The molecule has 0 amide bonds. The third kappa shape index (κ3) is 3.39. The molecule has 7 heteroatoms. The van der Waals surface area contributed by atoms with Crippen LogP contribution in [0, 0.1) is 5.92 Å². The van der Waals surface area contributed by atoms with Crippen LogP contribution in [0.4, 0.5) is 0 Å². The van der Waals surface area contributed by atoms with E-state index in [9.17, 15) is 15.3 Å². The highest BCUT2D eigenvalue weighted by Gasteiger charge is 2.48. The summed E-state index contributed by atoms with van der Waals surface area (Å²) in [6.07, 6.45) is -2.13. The molecule has 1 aliphatic heterocycles. The first kappa shape index (κ1) is 17.1. The van der Waals surface area contributed by atoms with Crippen molar-refractivity contribution >= 4 is 0 Å². The van der Waals surface area contributed by atoms with E-state index in [1.54, 1.807) is 6.92 Å². The Kier molecular flexibility index (Phi) is 5.59. The molecule has 7 nitrogen and oxygen atoms in total. The van der Waals surface area contributed by atoms with Gasteiger partial charge in [0, 0.05) is 5.92 Å². The molecule has 1 saturated heterocycles. The first-order valence-electron chi connectivity index (χ1n) is 7.73. The molecule has 2 rings (SSSR count). The van der Waals surface area contributed by atoms with Gasteiger partial charge in [0.2, 0.25) is 0 Å². The molecule has 0 aromatic rings. The molecule has 1 heterocycles. The van der Waals surface area contributed by atoms with Crippen molar-refractivity contribution in [2.75, 3.05) is 0 Å². The van der Waals surface area contributed by atoms with Crippen molar-refractivity contribution < 1.29 is 24.8 Å². The zero-order chi connectivity index (χ0) is 15.7. The largest absolute Gasteiger partial charge is 0.391 e. The highest BCUT2D eigenvalue weighted by atomic mass is 16.7. The summed E-state index contributed by atoms with van der Waals surface area (Å²) in [7, 11) is 0. The molecular formula is C14H28N2O5. The number of rotatable bonds is 3. The number of aliphatic hydroxyl groups excluding tert-OH is 3. The second-order valence-electron chi connectivity index (χ2n) is 6.28. The third-order valence-electron chi connectivity index (χ3n) is 4.78. The van der Waals surface area contributed by atoms with Crippen LogP contribution in [0.15, 0.2) is 0 Å². The summed E-state index contributed by atoms with van der Waals surface area (Å²) < 4.78 is 11.6. The predicted molar refractivity (Wildman–Crippen MR) is 76.2 cm³/mol. The number of nitrogens with two attached hydrogens (primary N) is 2. The maximum atomic E-state index is 10.2. The van der Waals surface area contributed by atoms with E-state index in [-0.39, 0.29) is 12.1 Å². The van der Waals surface area contributed by atoms with Crippen LogP contribution in [0.3, 0.4) is 0 Å². The molecule has 21 heavy (non-hydrogen) atoms. The first-order chi connectivity index (χ1) is 9.86. The first-order valence-corrected chi connectivity index (χ1v) is 7.73. The average Bonchev–Trinajstić information content (AvgIpc) is 2.49. The summed E-state index contributed by atoms with van der Waals surface area (Å²) in [5.41, 5.74) is 11.7. The fourth-order valence-corrected chi connectivity index (χ4v) is 3.15. The second-order valence-corrected chi connectivity index (χ2v) is 6.28. The van der Waals surface area contributed by atoms with Crippen molar-refractivity contribution in [3.8, 4) is 0 Å². The maximum absolute atomic E-state index is 10.2. The van der Waals surface area contributed by atoms with Crippen LogP contribution < -0.4 is 11.5 Å². The summed E-state index contributed by atoms with van der Waals surface area (Å²) in [5, 5.41) is 30.1. The quantitative estimate of drug-likeness (QED) is 0.437. The van der Waals surface area contributed by atoms with Crippen molar-refractivity contribution in [2.45, 2.75) is 82.0 Å². The Bertz CT molecular complexity index is 329. The van der Waals surface area contributed by atoms with Crippen LogP contribution in [0.5, 0.6) is 0 Å². The van der Waals surface area contributed by atoms with Gasteiger partial charge in [-0.25, -0.2) is 0 Å². The van der Waals surface area contributed by atoms with Gasteiger partial charge in [0.05, 0.1) is 30.4 Å². The fraction of sp³-hybridized carbons (Fsp3) is 1.00. The van der Waals surface area contributed by atoms with Crippen molar-refractivity contribution in [3.63, 3.8) is 0 Å². The van der Waals surface area contributed by atoms with E-state index in [0.717, 1.165) is 19.3 Å². The zero-order valence-electron chi connectivity index (χ0n) is 12.6. The molecule has 1 aliphatic carbocycles. The monoisotopic (exact) mass is 304 g/mol. The molecule has 0 aromatic carbocycles. The fourth-order valence-electron chi connectivity index (χ4n) is 3.15. The molecule has 4 unspecified atom stereocenters. The highest BCUT2D eigenvalue weighted by molar-refractivity contribution is 5.00. The Morgan fingerprint density at radius 3 is 2.38 bits per heavy atom. The summed E-state index contributed by atoms with van der Waals surface area (Å²) in [5.74, 6) is -0.420. The summed E-state index contributed by atoms with van der Waals surface area (Å²) in [6.45, 7) is 3.76. The van der Waals surface area contributed by atoms with Crippen LogP contribution >= 0.6 is 0 Å². The van der Waals surface area contributed by atoms with Crippen LogP contribution in [0.25, 0.3) is 0 Å². The van der Waals surface area contributed by atoms with Gasteiger partial charge in [-0.05, 0) is 19.3 Å². The van der Waals surface area contributed by atoms with Crippen LogP contribution in [0.2, 0.25) is 0 Å². The second kappa shape index (κ2) is 6.87. The Morgan fingerprint density at radius 1 is 1.10 bits per heavy atom. The van der Waals surface area contributed by atoms with Crippen LogP contribution in [0.1, 0.15) is 33.1 Å². The van der Waals surface area contributed by atoms with Gasteiger partial charge in [0.15, 0.2) is 6.29 Å². The molecule has 2 aliphatic rings. The van der Waals surface area contributed by atoms with Gasteiger partial charge in [-0.15, -0.1) is 0 Å². The molecular weight excluding hydrogens is 276 g/mol. The van der Waals surface area contributed by atoms with Crippen LogP contribution in [-0.4, -0.2) is 64.2 Å². The lowest BCUT2D eigenvalue weighted by atomic mass is 9.78. The van der Waals surface area contributed by atoms with Gasteiger partial charge < -0.3 is 36.3 Å². The lowest BCUT2D eigenvalue weighted by molar-refractivity contribution is -0.270. The lowest BCUT2D eigenvalue weighted by Gasteiger charge is -2.46. The minimum atomic E-state index is -1.23. The van der Waals surface area contributed by atoms with Crippen molar-refractivity contribution in [1.82, 2.24) is 0 Å². The summed E-state index contributed by atoms with van der Waals surface area (Å²) in [6, 6.07) is -1.17. The van der Waals surface area contributed by atoms with E-state index in [1.165, 1.54) is 0 Å². The maximum Gasteiger partial charge on any atom is 0.173 e. The van der Waals surface area contributed by atoms with E-state index in [4.69, 9.17) is 20.9 Å². The Balaban J connectivity index is 2.06. The average molecular weight is 304 g/mol. The molecule has 2 fully saturated rings. The van der Waals surface area contributed by atoms with Gasteiger partial charge in [-0.2, -0.15) is 0 Å². The summed E-state index contributed by atoms with van der Waals surface area (Å²) in [4.78, 5) is 0. The molecule has 0 spiro atoms. The molecule has 0 aromatic heterocycles. The lowest BCUT2D eigenvalue weighted by Crippen LogP contribution is -2.65. The normalized spacial score (nSPS) is 51.9. The molecule has 9 atom stereocenters. The van der Waals surface area contributed by atoms with Crippen molar-refractivity contribution in [2.24, 2.45) is 17.4 Å². The Morgan fingerprint density at radius 2 is 1.76 bits per heavy atom. The van der Waals surface area contributed by atoms with Crippen molar-refractivity contribution in [1.29, 1.82) is 0 Å². The van der Waals surface area contributed by atoms with Gasteiger partial charge >= 0.3 is 0 Å². The molecule has 1 saturated carbocycles. The third-order valence-corrected chi connectivity index (χ3v) is 4.78. The number of hydrogen-bond acceptors (Lipinski definition) is 7. The standard InChI is InChI=1S/C14H28N2O5/c1-3-7-4-5-8(15)14(20-7)21-13-6(2)10(17)9(16)11(18)12(13)19/h6-14,17-19H,3-5,15-16H2,1-2H3/t6-,7+,8?,9?,10+,11-,12?,13?,14+/m0/s1. The topological polar surface area (TPSA) is 131 Å². The Labute approximate surface area is 125 Å². The van der Waals surface area contributed by atoms with Crippen LogP contribution in [-0.2, 0) is 9.47 Å². The molecule has 7 N–H and O–H groups in total. The van der Waals surface area contributed by atoms with Gasteiger partial charge in [-0.3, -0.25) is 0 Å². The van der Waals surface area contributed by atoms with E-state index in [2.05, 4.69) is 0 Å². The smallest absolute Gasteiger partial charge is 0.173 e.